The first-order valence-electron chi connectivity index (χ1n) is 11.1. The summed E-state index contributed by atoms with van der Waals surface area (Å²) in [7, 11) is 1.92. The minimum Gasteiger partial charge on any atom is -0.353 e. The number of ketones is 1. The number of nitrogens with one attached hydrogen (secondary N) is 1. The molecule has 0 atom stereocenters. The van der Waals surface area contributed by atoms with Crippen LogP contribution in [0, 0.1) is 12.8 Å². The third kappa shape index (κ3) is 4.80. The standard InChI is InChI=1S/C23H30Cl2N6O/c1-14(2)21(32)13-30-9-7-17(8-10-30)27-23-28-18-6-5-16(24)11-19(18)31(23)12-20-15(3)26-22(25)29(20)4/h5-6,11,14,17H,7-10,12-13H2,1-4H3,(H,27,28). The van der Waals surface area contributed by atoms with Gasteiger partial charge in [0.2, 0.25) is 11.2 Å². The lowest BCUT2D eigenvalue weighted by atomic mass is 10.0. The van der Waals surface area contributed by atoms with Gasteiger partial charge in [-0.05, 0) is 49.6 Å². The van der Waals surface area contributed by atoms with Crippen molar-refractivity contribution in [2.24, 2.45) is 13.0 Å². The molecule has 0 aliphatic carbocycles. The maximum absolute atomic E-state index is 12.1. The molecule has 1 N–H and O–H groups in total. The zero-order valence-corrected chi connectivity index (χ0v) is 20.5. The topological polar surface area (TPSA) is 68.0 Å². The van der Waals surface area contributed by atoms with Gasteiger partial charge in [0.1, 0.15) is 5.78 Å². The molecule has 3 aromatic rings. The van der Waals surface area contributed by atoms with Gasteiger partial charge >= 0.3 is 0 Å². The van der Waals surface area contributed by atoms with E-state index in [1.807, 2.05) is 50.6 Å². The van der Waals surface area contributed by atoms with Crippen LogP contribution in [0.2, 0.25) is 10.3 Å². The lowest BCUT2D eigenvalue weighted by Crippen LogP contribution is -2.42. The number of fused-ring (bicyclic) bond motifs is 1. The number of hydrogen-bond donors (Lipinski definition) is 1. The van der Waals surface area contributed by atoms with Crippen molar-refractivity contribution in [2.75, 3.05) is 25.0 Å². The molecule has 4 rings (SSSR count). The Bertz CT molecular complexity index is 1130. The molecule has 2 aromatic heterocycles. The number of nitrogens with zero attached hydrogens (tertiary/aromatic N) is 5. The molecule has 1 aliphatic heterocycles. The van der Waals surface area contributed by atoms with Crippen LogP contribution in [0.25, 0.3) is 11.0 Å². The number of aryl methyl sites for hydroxylation is 1. The molecule has 32 heavy (non-hydrogen) atoms. The monoisotopic (exact) mass is 476 g/mol. The Morgan fingerprint density at radius 3 is 2.56 bits per heavy atom. The lowest BCUT2D eigenvalue weighted by Gasteiger charge is -2.32. The molecule has 0 saturated carbocycles. The first kappa shape index (κ1) is 23.1. The Hall–Kier alpha value is -2.09. The number of carbonyl (C=O) groups is 1. The smallest absolute Gasteiger partial charge is 0.204 e. The van der Waals surface area contributed by atoms with Crippen LogP contribution in [0.1, 0.15) is 38.1 Å². The largest absolute Gasteiger partial charge is 0.353 e. The molecular formula is C23H30Cl2N6O. The highest BCUT2D eigenvalue weighted by Crippen LogP contribution is 2.27. The molecule has 1 saturated heterocycles. The highest BCUT2D eigenvalue weighted by molar-refractivity contribution is 6.31. The van der Waals surface area contributed by atoms with Crippen molar-refractivity contribution in [1.29, 1.82) is 0 Å². The van der Waals surface area contributed by atoms with Gasteiger partial charge in [-0.3, -0.25) is 9.69 Å². The quantitative estimate of drug-likeness (QED) is 0.542. The van der Waals surface area contributed by atoms with Crippen molar-refractivity contribution >= 4 is 46.0 Å². The van der Waals surface area contributed by atoms with E-state index in [9.17, 15) is 4.79 Å². The first-order chi connectivity index (χ1) is 15.2. The van der Waals surface area contributed by atoms with Crippen LogP contribution in [0.3, 0.4) is 0 Å². The van der Waals surface area contributed by atoms with Gasteiger partial charge in [-0.2, -0.15) is 0 Å². The summed E-state index contributed by atoms with van der Waals surface area (Å²) in [6.07, 6.45) is 1.93. The summed E-state index contributed by atoms with van der Waals surface area (Å²) >= 11 is 12.6. The minimum absolute atomic E-state index is 0.0848. The maximum atomic E-state index is 12.1. The molecule has 0 amide bonds. The number of anilines is 1. The number of hydrogen-bond acceptors (Lipinski definition) is 5. The summed E-state index contributed by atoms with van der Waals surface area (Å²) in [6, 6.07) is 6.05. The van der Waals surface area contributed by atoms with Crippen LogP contribution in [-0.4, -0.2) is 55.5 Å². The van der Waals surface area contributed by atoms with E-state index in [1.54, 1.807) is 0 Å². The number of carbonyl (C=O) groups excluding carboxylic acids is 1. The number of Topliss-reactive ketones (excluding diaryl/α,β-unsaturated/α-hetero) is 1. The predicted molar refractivity (Wildman–Crippen MR) is 130 cm³/mol. The van der Waals surface area contributed by atoms with E-state index in [-0.39, 0.29) is 5.92 Å². The molecule has 1 fully saturated rings. The Morgan fingerprint density at radius 2 is 1.94 bits per heavy atom. The molecule has 0 radical (unpaired) electrons. The number of halogens is 2. The van der Waals surface area contributed by atoms with E-state index in [0.717, 1.165) is 54.3 Å². The SMILES string of the molecule is Cc1nc(Cl)n(C)c1Cn1c(NC2CCN(CC(=O)C(C)C)CC2)nc2ccc(Cl)cc21. The second-order valence-electron chi connectivity index (χ2n) is 8.94. The van der Waals surface area contributed by atoms with Gasteiger partial charge in [0, 0.05) is 37.1 Å². The molecule has 0 bridgehead atoms. The fourth-order valence-corrected chi connectivity index (χ4v) is 4.58. The van der Waals surface area contributed by atoms with Crippen LogP contribution in [0.15, 0.2) is 18.2 Å². The van der Waals surface area contributed by atoms with Crippen LogP contribution in [0.4, 0.5) is 5.95 Å². The molecule has 3 heterocycles. The van der Waals surface area contributed by atoms with Crippen molar-refractivity contribution in [2.45, 2.75) is 46.2 Å². The minimum atomic E-state index is 0.0848. The van der Waals surface area contributed by atoms with E-state index in [2.05, 4.69) is 19.8 Å². The Labute approximate surface area is 198 Å². The molecule has 172 valence electrons. The Morgan fingerprint density at radius 1 is 1.22 bits per heavy atom. The molecule has 1 aliphatic rings. The zero-order chi connectivity index (χ0) is 23.0. The number of likely N-dealkylation sites (tertiary alicyclic amines) is 1. The van der Waals surface area contributed by atoms with Crippen LogP contribution >= 0.6 is 23.2 Å². The van der Waals surface area contributed by atoms with E-state index in [4.69, 9.17) is 28.2 Å². The maximum Gasteiger partial charge on any atom is 0.204 e. The zero-order valence-electron chi connectivity index (χ0n) is 19.0. The third-order valence-electron chi connectivity index (χ3n) is 6.32. The Kier molecular flexibility index (Phi) is 6.79. The summed E-state index contributed by atoms with van der Waals surface area (Å²) in [4.78, 5) is 23.6. The van der Waals surface area contributed by atoms with Crippen molar-refractivity contribution in [3.63, 3.8) is 0 Å². The van der Waals surface area contributed by atoms with E-state index >= 15 is 0 Å². The second-order valence-corrected chi connectivity index (χ2v) is 9.72. The second kappa shape index (κ2) is 9.41. The normalized spacial score (nSPS) is 15.7. The Balaban J connectivity index is 1.55. The van der Waals surface area contributed by atoms with Crippen molar-refractivity contribution in [1.82, 2.24) is 24.0 Å². The van der Waals surface area contributed by atoms with Gasteiger partial charge in [0.15, 0.2) is 0 Å². The number of aromatic nitrogens is 4. The van der Waals surface area contributed by atoms with Crippen molar-refractivity contribution in [3.8, 4) is 0 Å². The summed E-state index contributed by atoms with van der Waals surface area (Å²) in [5, 5.41) is 4.80. The fraction of sp³-hybridized carbons (Fsp3) is 0.522. The molecule has 0 spiro atoms. The van der Waals surface area contributed by atoms with Gasteiger partial charge in [0.25, 0.3) is 0 Å². The van der Waals surface area contributed by atoms with Gasteiger partial charge in [-0.15, -0.1) is 0 Å². The molecule has 1 aromatic carbocycles. The van der Waals surface area contributed by atoms with Crippen LogP contribution < -0.4 is 5.32 Å². The van der Waals surface area contributed by atoms with Crippen molar-refractivity contribution in [3.05, 3.63) is 39.9 Å². The average Bonchev–Trinajstić information content (AvgIpc) is 3.20. The number of piperidine rings is 1. The molecule has 7 nitrogen and oxygen atoms in total. The van der Waals surface area contributed by atoms with Gasteiger partial charge in [-0.1, -0.05) is 25.4 Å². The number of rotatable bonds is 7. The lowest BCUT2D eigenvalue weighted by molar-refractivity contribution is -0.123. The van der Waals surface area contributed by atoms with E-state index in [1.165, 1.54) is 0 Å². The van der Waals surface area contributed by atoms with E-state index < -0.39 is 0 Å². The first-order valence-corrected chi connectivity index (χ1v) is 11.8. The summed E-state index contributed by atoms with van der Waals surface area (Å²) in [5.41, 5.74) is 3.79. The highest BCUT2D eigenvalue weighted by atomic mass is 35.5. The van der Waals surface area contributed by atoms with Crippen LogP contribution in [-0.2, 0) is 18.4 Å². The van der Waals surface area contributed by atoms with Crippen molar-refractivity contribution < 1.29 is 4.79 Å². The van der Waals surface area contributed by atoms with Gasteiger partial charge < -0.3 is 14.5 Å². The predicted octanol–water partition coefficient (Wildman–Crippen LogP) is 4.53. The summed E-state index contributed by atoms with van der Waals surface area (Å²) < 4.78 is 4.05. The highest BCUT2D eigenvalue weighted by Gasteiger charge is 2.24. The number of benzene rings is 1. The van der Waals surface area contributed by atoms with Crippen LogP contribution in [0.5, 0.6) is 0 Å². The average molecular weight is 477 g/mol. The van der Waals surface area contributed by atoms with E-state index in [0.29, 0.717) is 35.2 Å². The molecular weight excluding hydrogens is 447 g/mol. The van der Waals surface area contributed by atoms with Gasteiger partial charge in [-0.25, -0.2) is 9.97 Å². The summed E-state index contributed by atoms with van der Waals surface area (Å²) in [5.74, 6) is 1.21. The van der Waals surface area contributed by atoms with Gasteiger partial charge in [0.05, 0.1) is 35.5 Å². The molecule has 9 heteroatoms. The summed E-state index contributed by atoms with van der Waals surface area (Å²) in [6.45, 7) is 8.83. The molecule has 0 unspecified atom stereocenters. The fourth-order valence-electron chi connectivity index (χ4n) is 4.19. The third-order valence-corrected chi connectivity index (χ3v) is 6.89. The number of imidazole rings is 2.